The van der Waals surface area contributed by atoms with E-state index >= 15 is 0 Å². The highest BCUT2D eigenvalue weighted by Gasteiger charge is 2.39. The van der Waals surface area contributed by atoms with E-state index < -0.39 is 12.1 Å². The van der Waals surface area contributed by atoms with Crippen molar-refractivity contribution in [3.05, 3.63) is 29.8 Å². The Morgan fingerprint density at radius 3 is 2.96 bits per heavy atom. The summed E-state index contributed by atoms with van der Waals surface area (Å²) in [5, 5.41) is 2.87. The van der Waals surface area contributed by atoms with Gasteiger partial charge in [0.25, 0.3) is 0 Å². The molecule has 0 aliphatic carbocycles. The third-order valence-electron chi connectivity index (χ3n) is 4.40. The SMILES string of the molecule is COc1ccccc1CNC(=O)[C@@H]1COC(=O)N1CC1CCOC1. The third kappa shape index (κ3) is 3.62. The fourth-order valence-corrected chi connectivity index (χ4v) is 3.02. The van der Waals surface area contributed by atoms with E-state index in [1.165, 1.54) is 4.90 Å². The number of ether oxygens (including phenoxy) is 3. The van der Waals surface area contributed by atoms with Gasteiger partial charge in [0, 0.05) is 31.2 Å². The summed E-state index contributed by atoms with van der Waals surface area (Å²) in [4.78, 5) is 25.9. The Morgan fingerprint density at radius 2 is 2.21 bits per heavy atom. The highest BCUT2D eigenvalue weighted by atomic mass is 16.6. The first-order chi connectivity index (χ1) is 11.7. The van der Waals surface area contributed by atoms with E-state index in [4.69, 9.17) is 14.2 Å². The first-order valence-corrected chi connectivity index (χ1v) is 8.09. The molecule has 1 aromatic carbocycles. The smallest absolute Gasteiger partial charge is 0.410 e. The predicted molar refractivity (Wildman–Crippen MR) is 85.6 cm³/mol. The van der Waals surface area contributed by atoms with Crippen LogP contribution in [0, 0.1) is 5.92 Å². The van der Waals surface area contributed by atoms with Gasteiger partial charge in [-0.2, -0.15) is 0 Å². The Hall–Kier alpha value is -2.28. The molecule has 1 aromatic rings. The molecule has 3 rings (SSSR count). The molecule has 130 valence electrons. The minimum atomic E-state index is -0.590. The number of carbonyl (C=O) groups is 2. The molecule has 24 heavy (non-hydrogen) atoms. The molecule has 0 spiro atoms. The monoisotopic (exact) mass is 334 g/mol. The maximum atomic E-state index is 12.5. The van der Waals surface area contributed by atoms with Crippen molar-refractivity contribution in [1.29, 1.82) is 0 Å². The van der Waals surface area contributed by atoms with Crippen LogP contribution in [0.3, 0.4) is 0 Å². The number of methoxy groups -OCH3 is 1. The number of amides is 2. The molecule has 2 fully saturated rings. The summed E-state index contributed by atoms with van der Waals surface area (Å²) < 4.78 is 15.7. The van der Waals surface area contributed by atoms with Crippen molar-refractivity contribution in [3.8, 4) is 5.75 Å². The minimum Gasteiger partial charge on any atom is -0.496 e. The van der Waals surface area contributed by atoms with Crippen molar-refractivity contribution >= 4 is 12.0 Å². The standard InChI is InChI=1S/C17H22N2O5/c1-22-15-5-3-2-4-13(15)8-18-16(20)14-11-24-17(21)19(14)9-12-6-7-23-10-12/h2-5,12,14H,6-11H2,1H3,(H,18,20)/t12?,14-/m0/s1. The fourth-order valence-electron chi connectivity index (χ4n) is 3.02. The first-order valence-electron chi connectivity index (χ1n) is 8.09. The lowest BCUT2D eigenvalue weighted by molar-refractivity contribution is -0.125. The van der Waals surface area contributed by atoms with Crippen molar-refractivity contribution in [2.75, 3.05) is 33.5 Å². The number of carbonyl (C=O) groups excluding carboxylic acids is 2. The summed E-state index contributed by atoms with van der Waals surface area (Å²) in [6.07, 6.45) is 0.471. The van der Waals surface area contributed by atoms with Crippen LogP contribution < -0.4 is 10.1 Å². The lowest BCUT2D eigenvalue weighted by atomic mass is 10.1. The van der Waals surface area contributed by atoms with Gasteiger partial charge in [-0.1, -0.05) is 18.2 Å². The van der Waals surface area contributed by atoms with Crippen LogP contribution in [0.25, 0.3) is 0 Å². The van der Waals surface area contributed by atoms with Crippen molar-refractivity contribution in [2.45, 2.75) is 19.0 Å². The minimum absolute atomic E-state index is 0.0875. The largest absolute Gasteiger partial charge is 0.496 e. The molecule has 2 saturated heterocycles. The summed E-state index contributed by atoms with van der Waals surface area (Å²) in [5.41, 5.74) is 0.884. The summed E-state index contributed by atoms with van der Waals surface area (Å²) in [7, 11) is 1.59. The van der Waals surface area contributed by atoms with Gasteiger partial charge in [0.2, 0.25) is 5.91 Å². The molecule has 2 aliphatic heterocycles. The van der Waals surface area contributed by atoms with Gasteiger partial charge < -0.3 is 19.5 Å². The maximum absolute atomic E-state index is 12.5. The Morgan fingerprint density at radius 1 is 1.38 bits per heavy atom. The Balaban J connectivity index is 1.59. The molecule has 2 amide bonds. The van der Waals surface area contributed by atoms with Gasteiger partial charge in [-0.05, 0) is 12.5 Å². The predicted octanol–water partition coefficient (Wildman–Crippen LogP) is 1.17. The van der Waals surface area contributed by atoms with Gasteiger partial charge in [0.1, 0.15) is 18.4 Å². The molecule has 7 nitrogen and oxygen atoms in total. The highest BCUT2D eigenvalue weighted by molar-refractivity contribution is 5.87. The van der Waals surface area contributed by atoms with Crippen LogP contribution in [0.15, 0.2) is 24.3 Å². The molecule has 1 unspecified atom stereocenters. The number of hydrogen-bond acceptors (Lipinski definition) is 5. The quantitative estimate of drug-likeness (QED) is 0.845. The lowest BCUT2D eigenvalue weighted by Crippen LogP contribution is -2.47. The van der Waals surface area contributed by atoms with Crippen LogP contribution in [-0.4, -0.2) is 56.4 Å². The second-order valence-electron chi connectivity index (χ2n) is 6.00. The zero-order valence-corrected chi connectivity index (χ0v) is 13.7. The fraction of sp³-hybridized carbons (Fsp3) is 0.529. The molecule has 0 aromatic heterocycles. The van der Waals surface area contributed by atoms with E-state index in [1.54, 1.807) is 7.11 Å². The zero-order chi connectivity index (χ0) is 16.9. The van der Waals surface area contributed by atoms with Gasteiger partial charge in [0.05, 0.1) is 13.7 Å². The van der Waals surface area contributed by atoms with Gasteiger partial charge in [0.15, 0.2) is 0 Å². The second-order valence-corrected chi connectivity index (χ2v) is 6.00. The van der Waals surface area contributed by atoms with Crippen LogP contribution in [0.4, 0.5) is 4.79 Å². The van der Waals surface area contributed by atoms with E-state index in [2.05, 4.69) is 5.32 Å². The van der Waals surface area contributed by atoms with E-state index in [1.807, 2.05) is 24.3 Å². The number of rotatable bonds is 6. The van der Waals surface area contributed by atoms with Crippen molar-refractivity contribution in [3.63, 3.8) is 0 Å². The summed E-state index contributed by atoms with van der Waals surface area (Å²) in [6, 6.07) is 6.91. The number of nitrogens with zero attached hydrogens (tertiary/aromatic N) is 1. The normalized spacial score (nSPS) is 23.2. The van der Waals surface area contributed by atoms with Crippen LogP contribution in [0.5, 0.6) is 5.75 Å². The average Bonchev–Trinajstić information content (AvgIpc) is 3.24. The molecule has 0 radical (unpaired) electrons. The van der Waals surface area contributed by atoms with Crippen LogP contribution in [0.1, 0.15) is 12.0 Å². The van der Waals surface area contributed by atoms with Gasteiger partial charge in [-0.3, -0.25) is 9.69 Å². The number of nitrogens with one attached hydrogen (secondary N) is 1. The second kappa shape index (κ2) is 7.53. The molecule has 0 bridgehead atoms. The van der Waals surface area contributed by atoms with E-state index in [0.717, 1.165) is 17.7 Å². The number of hydrogen-bond donors (Lipinski definition) is 1. The summed E-state index contributed by atoms with van der Waals surface area (Å²) >= 11 is 0. The molecule has 2 heterocycles. The van der Waals surface area contributed by atoms with Gasteiger partial charge >= 0.3 is 6.09 Å². The third-order valence-corrected chi connectivity index (χ3v) is 4.40. The van der Waals surface area contributed by atoms with Crippen LogP contribution in [0.2, 0.25) is 0 Å². The maximum Gasteiger partial charge on any atom is 0.410 e. The van der Waals surface area contributed by atoms with E-state index in [-0.39, 0.29) is 18.4 Å². The van der Waals surface area contributed by atoms with E-state index in [0.29, 0.717) is 26.3 Å². The topological polar surface area (TPSA) is 77.1 Å². The van der Waals surface area contributed by atoms with Crippen LogP contribution in [-0.2, 0) is 20.8 Å². The Bertz CT molecular complexity index is 600. The molecular weight excluding hydrogens is 312 g/mol. The van der Waals surface area contributed by atoms with Gasteiger partial charge in [-0.15, -0.1) is 0 Å². The summed E-state index contributed by atoms with van der Waals surface area (Å²) in [5.74, 6) is 0.766. The lowest BCUT2D eigenvalue weighted by Gasteiger charge is -2.23. The molecule has 0 saturated carbocycles. The van der Waals surface area contributed by atoms with Crippen molar-refractivity contribution in [1.82, 2.24) is 10.2 Å². The first kappa shape index (κ1) is 16.6. The molecule has 1 N–H and O–H groups in total. The van der Waals surface area contributed by atoms with E-state index in [9.17, 15) is 9.59 Å². The number of benzene rings is 1. The summed E-state index contributed by atoms with van der Waals surface area (Å²) in [6.45, 7) is 2.25. The Kier molecular flexibility index (Phi) is 5.20. The average molecular weight is 334 g/mol. The molecule has 2 aliphatic rings. The number of cyclic esters (lactones) is 1. The molecule has 2 atom stereocenters. The Labute approximate surface area is 140 Å². The van der Waals surface area contributed by atoms with Gasteiger partial charge in [-0.25, -0.2) is 4.79 Å². The highest BCUT2D eigenvalue weighted by Crippen LogP contribution is 2.21. The zero-order valence-electron chi connectivity index (χ0n) is 13.7. The van der Waals surface area contributed by atoms with Crippen molar-refractivity contribution in [2.24, 2.45) is 5.92 Å². The van der Waals surface area contributed by atoms with Crippen molar-refractivity contribution < 1.29 is 23.8 Å². The molecular formula is C17H22N2O5. The van der Waals surface area contributed by atoms with Crippen LogP contribution >= 0.6 is 0 Å². The molecule has 7 heteroatoms. The number of para-hydroxylation sites is 1.